The fourth-order valence-electron chi connectivity index (χ4n) is 0. The van der Waals surface area contributed by atoms with Crippen molar-refractivity contribution in [1.82, 2.24) is 4.90 Å². The zero-order valence-corrected chi connectivity index (χ0v) is 15.5. The van der Waals surface area contributed by atoms with Crippen molar-refractivity contribution in [2.75, 3.05) is 61.2 Å². The van der Waals surface area contributed by atoms with Gasteiger partial charge in [0.2, 0.25) is 0 Å². The lowest BCUT2D eigenvalue weighted by atomic mass is 10.6. The molecule has 0 amide bonds. The predicted octanol–water partition coefficient (Wildman–Crippen LogP) is 2.94. The average Bonchev–Trinajstić information content (AvgIpc) is 2.03. The number of hydrogen-bond acceptors (Lipinski definition) is 4. The Balaban J connectivity index is -0.0000000356. The molecule has 0 saturated carbocycles. The van der Waals surface area contributed by atoms with Crippen LogP contribution in [0.1, 0.15) is 13.8 Å². The van der Waals surface area contributed by atoms with E-state index in [1.165, 1.54) is 13.8 Å². The topological polar surface area (TPSA) is 29.5 Å². The van der Waals surface area contributed by atoms with Crippen LogP contribution in [0.5, 0.6) is 0 Å². The van der Waals surface area contributed by atoms with Crippen LogP contribution in [0.25, 0.3) is 0 Å². The van der Waals surface area contributed by atoms with E-state index in [2.05, 4.69) is 18.1 Å². The predicted molar refractivity (Wildman–Crippen MR) is 88.5 cm³/mol. The number of carbonyl (C=O) groups is 1. The summed E-state index contributed by atoms with van der Waals surface area (Å²) in [6.07, 6.45) is 4.08. The second-order valence-electron chi connectivity index (χ2n) is 3.57. The first-order valence-electron chi connectivity index (χ1n) is 5.18. The maximum Gasteiger partial charge on any atom is 0.126 e. The third-order valence-corrected chi connectivity index (χ3v) is 0. The van der Waals surface area contributed by atoms with E-state index < -0.39 is 0 Å². The summed E-state index contributed by atoms with van der Waals surface area (Å²) >= 11 is 1.75. The summed E-state index contributed by atoms with van der Waals surface area (Å²) in [6.45, 7) is 7.36. The van der Waals surface area contributed by atoms with Gasteiger partial charge in [-0.1, -0.05) is 0 Å². The van der Waals surface area contributed by atoms with Gasteiger partial charge in [0, 0.05) is 14.2 Å². The summed E-state index contributed by atoms with van der Waals surface area (Å²) < 4.78 is 4.25. The smallest absolute Gasteiger partial charge is 0.126 e. The highest BCUT2D eigenvalue weighted by Crippen LogP contribution is 1.84. The number of nitrogens with zero attached hydrogens (tertiary/aromatic N) is 1. The Morgan fingerprint density at radius 1 is 1.06 bits per heavy atom. The second-order valence-corrected chi connectivity index (χ2v) is 5.38. The van der Waals surface area contributed by atoms with E-state index in [0.29, 0.717) is 0 Å². The molecule has 3 nitrogen and oxygen atoms in total. The monoisotopic (exact) mass is 287 g/mol. The van der Waals surface area contributed by atoms with Crippen LogP contribution >= 0.6 is 20.3 Å². The molecule has 0 saturated heterocycles. The van der Waals surface area contributed by atoms with Crippen molar-refractivity contribution < 1.29 is 9.53 Å². The normalized spacial score (nSPS) is 6.82. The highest BCUT2D eigenvalue weighted by molar-refractivity contribution is 7.97. The van der Waals surface area contributed by atoms with E-state index in [-0.39, 0.29) is 5.78 Å². The van der Waals surface area contributed by atoms with E-state index >= 15 is 0 Å². The lowest BCUT2D eigenvalue weighted by molar-refractivity contribution is -0.114. The first kappa shape index (κ1) is 30.4. The van der Waals surface area contributed by atoms with Crippen molar-refractivity contribution in [3.63, 3.8) is 0 Å². The number of ether oxygens (including phenoxy) is 1. The highest BCUT2D eigenvalue weighted by Gasteiger charge is 1.62. The number of ketones is 1. The Bertz CT molecular complexity index is 93.0. The van der Waals surface area contributed by atoms with Gasteiger partial charge in [-0.25, -0.2) is 0 Å². The van der Waals surface area contributed by atoms with Crippen molar-refractivity contribution in [1.29, 1.82) is 0 Å². The van der Waals surface area contributed by atoms with Gasteiger partial charge in [0.05, 0.1) is 0 Å². The molecule has 0 radical (unpaired) electrons. The van der Waals surface area contributed by atoms with E-state index in [1.54, 1.807) is 26.0 Å². The van der Waals surface area contributed by atoms with Crippen molar-refractivity contribution >= 4 is 26.1 Å². The van der Waals surface area contributed by atoms with E-state index in [4.69, 9.17) is 0 Å². The fraction of sp³-hybridized carbons (Fsp3) is 0.917. The highest BCUT2D eigenvalue weighted by atomic mass is 32.2. The van der Waals surface area contributed by atoms with Crippen molar-refractivity contribution in [3.8, 4) is 0 Å². The van der Waals surface area contributed by atoms with Crippen LogP contribution in [-0.4, -0.2) is 71.9 Å². The molecule has 0 atom stereocenters. The van der Waals surface area contributed by atoms with Crippen LogP contribution < -0.4 is 0 Å². The van der Waals surface area contributed by atoms with Gasteiger partial charge in [0.15, 0.2) is 0 Å². The summed E-state index contributed by atoms with van der Waals surface area (Å²) in [5.41, 5.74) is 0. The molecule has 0 aromatic rings. The summed E-state index contributed by atoms with van der Waals surface area (Å²) in [7, 11) is 10.3. The van der Waals surface area contributed by atoms with Gasteiger partial charge >= 0.3 is 0 Å². The van der Waals surface area contributed by atoms with Crippen molar-refractivity contribution in [3.05, 3.63) is 0 Å². The Kier molecular flexibility index (Phi) is 78.8. The van der Waals surface area contributed by atoms with Crippen molar-refractivity contribution in [2.24, 2.45) is 0 Å². The zero-order chi connectivity index (χ0) is 15.3. The standard InChI is InChI=1S/C3H9N.C3H6O.C2H6O.C2H7P.C2H6S/c1-4(2)3;1-3(2)4;3*1-3-2/h1-3H3;1-2H3;1-2H3;3H,1-2H3;1-2H3. The molecule has 0 unspecified atom stereocenters. The third kappa shape index (κ3) is 24700. The molecule has 0 N–H and O–H groups in total. The van der Waals surface area contributed by atoms with Gasteiger partial charge in [0.25, 0.3) is 0 Å². The van der Waals surface area contributed by atoms with Crippen LogP contribution in [0.15, 0.2) is 0 Å². The van der Waals surface area contributed by atoms with E-state index in [9.17, 15) is 4.79 Å². The van der Waals surface area contributed by atoms with Gasteiger partial charge in [-0.2, -0.15) is 11.8 Å². The molecule has 110 valence electrons. The number of Topliss-reactive ketones (excluding diaryl/α,β-unsaturated/α-hetero) is 1. The van der Waals surface area contributed by atoms with E-state index in [1.807, 2.05) is 38.6 Å². The molecule has 0 aliphatic carbocycles. The Hall–Kier alpha value is 0.370. The molecule has 0 rings (SSSR count). The lowest BCUT2D eigenvalue weighted by Gasteiger charge is -1.90. The molecule has 0 aromatic heterocycles. The summed E-state index contributed by atoms with van der Waals surface area (Å²) in [4.78, 5) is 11.4. The number of methoxy groups -OCH3 is 1. The van der Waals surface area contributed by atoms with E-state index in [0.717, 1.165) is 8.58 Å². The maximum absolute atomic E-state index is 9.44. The molecule has 0 aromatic carbocycles. The molecule has 17 heavy (non-hydrogen) atoms. The summed E-state index contributed by atoms with van der Waals surface area (Å²) in [5, 5.41) is 0. The molecule has 0 heterocycles. The third-order valence-electron chi connectivity index (χ3n) is 0. The Morgan fingerprint density at radius 2 is 1.06 bits per heavy atom. The Labute approximate surface area is 116 Å². The van der Waals surface area contributed by atoms with Gasteiger partial charge in [-0.05, 0) is 60.8 Å². The minimum Gasteiger partial charge on any atom is -0.388 e. The lowest BCUT2D eigenvalue weighted by Crippen LogP contribution is -1.99. The Morgan fingerprint density at radius 3 is 1.06 bits per heavy atom. The fourth-order valence-corrected chi connectivity index (χ4v) is 0. The van der Waals surface area contributed by atoms with Gasteiger partial charge in [-0.3, -0.25) is 0 Å². The van der Waals surface area contributed by atoms with Crippen LogP contribution in [0, 0.1) is 0 Å². The molecule has 0 aliphatic heterocycles. The molecular formula is C12H34NO2PS. The molecule has 5 heteroatoms. The van der Waals surface area contributed by atoms with Gasteiger partial charge in [-0.15, -0.1) is 8.58 Å². The maximum atomic E-state index is 9.44. The average molecular weight is 287 g/mol. The molecule has 0 spiro atoms. The molecule has 0 fully saturated rings. The first-order chi connectivity index (χ1) is 7.71. The van der Waals surface area contributed by atoms with Gasteiger partial charge < -0.3 is 14.4 Å². The summed E-state index contributed by atoms with van der Waals surface area (Å²) in [6, 6.07) is 0. The zero-order valence-electron chi connectivity index (χ0n) is 13.7. The molecule has 0 aliphatic rings. The van der Waals surface area contributed by atoms with Crippen LogP contribution in [0.3, 0.4) is 0 Å². The van der Waals surface area contributed by atoms with Crippen LogP contribution in [0.2, 0.25) is 0 Å². The molecular weight excluding hydrogens is 253 g/mol. The largest absolute Gasteiger partial charge is 0.388 e. The SMILES string of the molecule is CC(C)=O.CN(C)C.COC.CPC.CSC. The number of rotatable bonds is 0. The second kappa shape index (κ2) is 44.0. The van der Waals surface area contributed by atoms with Crippen LogP contribution in [-0.2, 0) is 9.53 Å². The molecule has 0 bridgehead atoms. The number of carbonyl (C=O) groups excluding carboxylic acids is 1. The number of hydrogen-bond donors (Lipinski definition) is 0. The number of thioether (sulfide) groups is 1. The van der Waals surface area contributed by atoms with Crippen molar-refractivity contribution in [2.45, 2.75) is 13.8 Å². The van der Waals surface area contributed by atoms with Crippen LogP contribution in [0.4, 0.5) is 0 Å². The quantitative estimate of drug-likeness (QED) is 0.641. The first-order valence-corrected chi connectivity index (χ1v) is 8.81. The summed E-state index contributed by atoms with van der Waals surface area (Å²) in [5.74, 6) is 0.167. The minimum atomic E-state index is 0.167. The van der Waals surface area contributed by atoms with Gasteiger partial charge in [0.1, 0.15) is 5.78 Å². The minimum absolute atomic E-state index is 0.167.